The van der Waals surface area contributed by atoms with Crippen LogP contribution in [0.2, 0.25) is 0 Å². The third kappa shape index (κ3) is 2.16. The van der Waals surface area contributed by atoms with Gasteiger partial charge in [-0.2, -0.15) is 0 Å². The molecule has 80 valence electrons. The van der Waals surface area contributed by atoms with Crippen LogP contribution in [0.25, 0.3) is 0 Å². The maximum atomic E-state index is 11.0. The van der Waals surface area contributed by atoms with Gasteiger partial charge in [0.25, 0.3) is 0 Å². The zero-order valence-electron chi connectivity index (χ0n) is 8.13. The molecule has 0 amide bonds. The lowest BCUT2D eigenvalue weighted by Crippen LogP contribution is -2.33. The number of hydrogen-bond acceptors (Lipinski definition) is 3. The first-order valence-corrected chi connectivity index (χ1v) is 4.76. The first kappa shape index (κ1) is 10.1. The average Bonchev–Trinajstić information content (AvgIpc) is 2.30. The summed E-state index contributed by atoms with van der Waals surface area (Å²) in [5.74, 6) is -1.51. The monoisotopic (exact) mass is 208 g/mol. The van der Waals surface area contributed by atoms with E-state index in [4.69, 9.17) is 14.6 Å². The number of hydrogen-bond donors (Lipinski definition) is 1. The van der Waals surface area contributed by atoms with Crippen molar-refractivity contribution in [1.29, 1.82) is 0 Å². The minimum absolute atomic E-state index is 0.156. The molecule has 4 nitrogen and oxygen atoms in total. The van der Waals surface area contributed by atoms with Crippen molar-refractivity contribution < 1.29 is 19.4 Å². The summed E-state index contributed by atoms with van der Waals surface area (Å²) in [6, 6.07) is 9.36. The van der Waals surface area contributed by atoms with Crippen molar-refractivity contribution in [2.75, 3.05) is 13.4 Å². The lowest BCUT2D eigenvalue weighted by Gasteiger charge is -2.29. The molecule has 1 aliphatic heterocycles. The highest BCUT2D eigenvalue weighted by molar-refractivity contribution is 5.71. The Morgan fingerprint density at radius 2 is 2.07 bits per heavy atom. The van der Waals surface area contributed by atoms with E-state index < -0.39 is 18.0 Å². The maximum Gasteiger partial charge on any atom is 0.311 e. The zero-order valence-corrected chi connectivity index (χ0v) is 8.13. The fourth-order valence-corrected chi connectivity index (χ4v) is 1.67. The minimum Gasteiger partial charge on any atom is -0.481 e. The lowest BCUT2D eigenvalue weighted by atomic mass is 9.96. The Kier molecular flexibility index (Phi) is 2.99. The van der Waals surface area contributed by atoms with Crippen molar-refractivity contribution in [2.45, 2.75) is 6.10 Å². The third-order valence-corrected chi connectivity index (χ3v) is 2.44. The second kappa shape index (κ2) is 4.42. The summed E-state index contributed by atoms with van der Waals surface area (Å²) in [6.45, 7) is 0.359. The van der Waals surface area contributed by atoms with Crippen molar-refractivity contribution in [1.82, 2.24) is 0 Å². The van der Waals surface area contributed by atoms with Gasteiger partial charge in [0.2, 0.25) is 0 Å². The van der Waals surface area contributed by atoms with Crippen LogP contribution >= 0.6 is 0 Å². The van der Waals surface area contributed by atoms with Gasteiger partial charge < -0.3 is 14.6 Å². The van der Waals surface area contributed by atoms with Crippen LogP contribution in [-0.2, 0) is 14.3 Å². The van der Waals surface area contributed by atoms with Crippen LogP contribution in [0.4, 0.5) is 0 Å². The highest BCUT2D eigenvalue weighted by atomic mass is 16.7. The van der Waals surface area contributed by atoms with E-state index in [0.717, 1.165) is 5.56 Å². The predicted octanol–water partition coefficient (Wildman–Crippen LogP) is 1.43. The van der Waals surface area contributed by atoms with Crippen LogP contribution in [-0.4, -0.2) is 24.5 Å². The summed E-state index contributed by atoms with van der Waals surface area (Å²) >= 11 is 0. The zero-order chi connectivity index (χ0) is 10.7. The van der Waals surface area contributed by atoms with Crippen LogP contribution in [0.1, 0.15) is 11.7 Å². The van der Waals surface area contributed by atoms with E-state index in [0.29, 0.717) is 0 Å². The molecule has 0 unspecified atom stereocenters. The topological polar surface area (TPSA) is 55.8 Å². The molecule has 2 rings (SSSR count). The second-order valence-electron chi connectivity index (χ2n) is 3.43. The lowest BCUT2D eigenvalue weighted by molar-refractivity contribution is -0.190. The molecule has 0 aromatic heterocycles. The molecule has 15 heavy (non-hydrogen) atoms. The third-order valence-electron chi connectivity index (χ3n) is 2.44. The quantitative estimate of drug-likeness (QED) is 0.798. The Hall–Kier alpha value is -1.39. The Morgan fingerprint density at radius 3 is 2.73 bits per heavy atom. The van der Waals surface area contributed by atoms with E-state index in [1.807, 2.05) is 30.3 Å². The fraction of sp³-hybridized carbons (Fsp3) is 0.364. The van der Waals surface area contributed by atoms with Crippen LogP contribution in [0.15, 0.2) is 30.3 Å². The molecule has 1 fully saturated rings. The Labute approximate surface area is 87.4 Å². The Morgan fingerprint density at radius 1 is 1.33 bits per heavy atom. The predicted molar refractivity (Wildman–Crippen MR) is 52.2 cm³/mol. The minimum atomic E-state index is -0.886. The van der Waals surface area contributed by atoms with Gasteiger partial charge in [0.15, 0.2) is 0 Å². The fourth-order valence-electron chi connectivity index (χ4n) is 1.67. The van der Waals surface area contributed by atoms with Gasteiger partial charge in [-0.15, -0.1) is 0 Å². The summed E-state index contributed by atoms with van der Waals surface area (Å²) < 4.78 is 10.3. The molecule has 0 saturated carbocycles. The standard InChI is InChI=1S/C11H12O4/c12-11(13)9-6-14-7-15-10(9)8-4-2-1-3-5-8/h1-5,9-10H,6-7H2,(H,12,13)/t9-,10-/m1/s1. The Balaban J connectivity index is 2.22. The number of carbonyl (C=O) groups is 1. The Bertz CT molecular complexity index is 336. The molecule has 1 saturated heterocycles. The number of ether oxygens (including phenoxy) is 2. The molecule has 0 bridgehead atoms. The summed E-state index contributed by atoms with van der Waals surface area (Å²) in [5, 5.41) is 9.01. The van der Waals surface area contributed by atoms with E-state index in [9.17, 15) is 4.79 Å². The molecular formula is C11H12O4. The smallest absolute Gasteiger partial charge is 0.311 e. The highest BCUT2D eigenvalue weighted by Gasteiger charge is 2.33. The molecule has 1 heterocycles. The molecule has 0 aliphatic carbocycles. The van der Waals surface area contributed by atoms with E-state index in [1.165, 1.54) is 0 Å². The van der Waals surface area contributed by atoms with Gasteiger partial charge >= 0.3 is 5.97 Å². The van der Waals surface area contributed by atoms with Crippen LogP contribution in [0, 0.1) is 5.92 Å². The number of carboxylic acids is 1. The first-order valence-electron chi connectivity index (χ1n) is 4.76. The molecule has 1 N–H and O–H groups in total. The van der Waals surface area contributed by atoms with E-state index >= 15 is 0 Å². The largest absolute Gasteiger partial charge is 0.481 e. The van der Waals surface area contributed by atoms with Crippen LogP contribution < -0.4 is 0 Å². The molecule has 2 atom stereocenters. The molecule has 1 aliphatic rings. The summed E-state index contributed by atoms with van der Waals surface area (Å²) in [5.41, 5.74) is 0.883. The summed E-state index contributed by atoms with van der Waals surface area (Å²) in [6.07, 6.45) is -0.405. The summed E-state index contributed by atoms with van der Waals surface area (Å²) in [4.78, 5) is 11.0. The van der Waals surface area contributed by atoms with Crippen molar-refractivity contribution in [3.05, 3.63) is 35.9 Å². The van der Waals surface area contributed by atoms with Crippen molar-refractivity contribution in [3.63, 3.8) is 0 Å². The molecule has 1 aromatic carbocycles. The van der Waals surface area contributed by atoms with Gasteiger partial charge in [0.05, 0.1) is 6.61 Å². The normalized spacial score (nSPS) is 26.1. The molecule has 0 spiro atoms. The number of carboxylic acid groups (broad SMARTS) is 1. The number of aliphatic carboxylic acids is 1. The van der Waals surface area contributed by atoms with E-state index in [1.54, 1.807) is 0 Å². The number of rotatable bonds is 2. The molecular weight excluding hydrogens is 196 g/mol. The van der Waals surface area contributed by atoms with Gasteiger partial charge in [-0.1, -0.05) is 30.3 Å². The van der Waals surface area contributed by atoms with Crippen LogP contribution in [0.3, 0.4) is 0 Å². The highest BCUT2D eigenvalue weighted by Crippen LogP contribution is 2.29. The molecule has 4 heteroatoms. The summed E-state index contributed by atoms with van der Waals surface area (Å²) in [7, 11) is 0. The van der Waals surface area contributed by atoms with E-state index in [2.05, 4.69) is 0 Å². The van der Waals surface area contributed by atoms with Gasteiger partial charge in [-0.3, -0.25) is 4.79 Å². The van der Waals surface area contributed by atoms with Crippen molar-refractivity contribution >= 4 is 5.97 Å². The maximum absolute atomic E-state index is 11.0. The van der Waals surface area contributed by atoms with Crippen LogP contribution in [0.5, 0.6) is 0 Å². The second-order valence-corrected chi connectivity index (χ2v) is 3.43. The van der Waals surface area contributed by atoms with Gasteiger partial charge in [-0.25, -0.2) is 0 Å². The van der Waals surface area contributed by atoms with Gasteiger partial charge in [0.1, 0.15) is 18.8 Å². The number of benzene rings is 1. The molecule has 1 aromatic rings. The van der Waals surface area contributed by atoms with Crippen molar-refractivity contribution in [3.8, 4) is 0 Å². The van der Waals surface area contributed by atoms with E-state index in [-0.39, 0.29) is 13.4 Å². The van der Waals surface area contributed by atoms with Gasteiger partial charge in [0, 0.05) is 0 Å². The SMILES string of the molecule is O=C(O)[C@@H]1COCO[C@@H]1c1ccccc1. The average molecular weight is 208 g/mol. The molecule has 0 radical (unpaired) electrons. The van der Waals surface area contributed by atoms with Gasteiger partial charge in [-0.05, 0) is 5.56 Å². The first-order chi connectivity index (χ1) is 7.29. The van der Waals surface area contributed by atoms with Crippen molar-refractivity contribution in [2.24, 2.45) is 5.92 Å².